The van der Waals surface area contributed by atoms with E-state index in [9.17, 15) is 4.79 Å². The van der Waals surface area contributed by atoms with Crippen LogP contribution in [0.15, 0.2) is 52.0 Å². The number of halogens is 1. The third kappa shape index (κ3) is 4.83. The van der Waals surface area contributed by atoms with Crippen LogP contribution in [0.1, 0.15) is 15.9 Å². The average Bonchev–Trinajstić information content (AvgIpc) is 2.60. The van der Waals surface area contributed by atoms with E-state index >= 15 is 0 Å². The van der Waals surface area contributed by atoms with Crippen LogP contribution in [0.2, 0.25) is 0 Å². The number of benzene rings is 2. The Labute approximate surface area is 147 Å². The predicted octanol–water partition coefficient (Wildman–Crippen LogP) is 3.12. The number of nitrogens with one attached hydrogen (secondary N) is 1. The SMILES string of the molecule is COc1cc(/C=N\NC(=O)c2ccc(Br)cc2)ccc1OCC#N. The molecule has 0 saturated heterocycles. The summed E-state index contributed by atoms with van der Waals surface area (Å²) in [6.45, 7) is -0.0625. The Morgan fingerprint density at radius 3 is 2.71 bits per heavy atom. The van der Waals surface area contributed by atoms with E-state index in [1.165, 1.54) is 13.3 Å². The molecule has 24 heavy (non-hydrogen) atoms. The molecule has 0 radical (unpaired) electrons. The number of carbonyl (C=O) groups is 1. The summed E-state index contributed by atoms with van der Waals surface area (Å²) in [6.07, 6.45) is 1.49. The van der Waals surface area contributed by atoms with Crippen molar-refractivity contribution in [2.45, 2.75) is 0 Å². The molecule has 0 aliphatic carbocycles. The minimum absolute atomic E-state index is 0.0625. The van der Waals surface area contributed by atoms with E-state index < -0.39 is 0 Å². The van der Waals surface area contributed by atoms with E-state index in [0.29, 0.717) is 22.6 Å². The summed E-state index contributed by atoms with van der Waals surface area (Å²) in [4.78, 5) is 11.9. The topological polar surface area (TPSA) is 83.7 Å². The van der Waals surface area contributed by atoms with Gasteiger partial charge in [-0.25, -0.2) is 5.43 Å². The van der Waals surface area contributed by atoms with Gasteiger partial charge in [0.1, 0.15) is 6.07 Å². The van der Waals surface area contributed by atoms with Gasteiger partial charge in [-0.2, -0.15) is 10.4 Å². The summed E-state index contributed by atoms with van der Waals surface area (Å²) in [5.74, 6) is 0.642. The number of carbonyl (C=O) groups excluding carboxylic acids is 1. The predicted molar refractivity (Wildman–Crippen MR) is 93.3 cm³/mol. The number of nitrogens with zero attached hydrogens (tertiary/aromatic N) is 2. The van der Waals surface area contributed by atoms with Gasteiger partial charge >= 0.3 is 0 Å². The van der Waals surface area contributed by atoms with Crippen LogP contribution in [0, 0.1) is 11.3 Å². The molecule has 0 fully saturated rings. The lowest BCUT2D eigenvalue weighted by atomic mass is 10.2. The second-order valence-electron chi connectivity index (χ2n) is 4.56. The van der Waals surface area contributed by atoms with Crippen molar-refractivity contribution in [3.8, 4) is 17.6 Å². The molecular formula is C17H14BrN3O3. The molecule has 2 aromatic carbocycles. The van der Waals surface area contributed by atoms with Crippen LogP contribution >= 0.6 is 15.9 Å². The second-order valence-corrected chi connectivity index (χ2v) is 5.48. The highest BCUT2D eigenvalue weighted by Crippen LogP contribution is 2.27. The van der Waals surface area contributed by atoms with Crippen LogP contribution in [0.5, 0.6) is 11.5 Å². The number of nitriles is 1. The molecular weight excluding hydrogens is 374 g/mol. The summed E-state index contributed by atoms with van der Waals surface area (Å²) in [7, 11) is 1.50. The molecule has 0 aliphatic rings. The van der Waals surface area contributed by atoms with E-state index in [1.807, 2.05) is 6.07 Å². The Morgan fingerprint density at radius 2 is 2.04 bits per heavy atom. The Kier molecular flexibility index (Phi) is 6.34. The first-order chi connectivity index (χ1) is 11.6. The maximum Gasteiger partial charge on any atom is 0.271 e. The number of hydrazone groups is 1. The van der Waals surface area contributed by atoms with Crippen LogP contribution in [-0.2, 0) is 0 Å². The van der Waals surface area contributed by atoms with E-state index in [4.69, 9.17) is 14.7 Å². The molecule has 0 atom stereocenters. The zero-order chi connectivity index (χ0) is 17.4. The summed E-state index contributed by atoms with van der Waals surface area (Å²) in [5, 5.41) is 12.5. The number of ether oxygens (including phenoxy) is 2. The molecule has 6 nitrogen and oxygen atoms in total. The molecule has 2 aromatic rings. The zero-order valence-electron chi connectivity index (χ0n) is 12.8. The molecule has 0 spiro atoms. The van der Waals surface area contributed by atoms with E-state index in [0.717, 1.165) is 4.47 Å². The van der Waals surface area contributed by atoms with E-state index in [1.54, 1.807) is 42.5 Å². The normalized spacial score (nSPS) is 10.2. The second kappa shape index (κ2) is 8.70. The van der Waals surface area contributed by atoms with Crippen LogP contribution in [0.25, 0.3) is 0 Å². The van der Waals surface area contributed by atoms with Gasteiger partial charge in [-0.1, -0.05) is 15.9 Å². The van der Waals surface area contributed by atoms with Crippen molar-refractivity contribution in [2.75, 3.05) is 13.7 Å². The largest absolute Gasteiger partial charge is 0.493 e. The molecule has 0 aliphatic heterocycles. The van der Waals surface area contributed by atoms with Crippen molar-refractivity contribution in [1.29, 1.82) is 5.26 Å². The Bertz CT molecular complexity index is 783. The Hall–Kier alpha value is -2.85. The van der Waals surface area contributed by atoms with Gasteiger partial charge in [0.2, 0.25) is 0 Å². The molecule has 0 aromatic heterocycles. The molecule has 0 unspecified atom stereocenters. The molecule has 1 amide bonds. The first kappa shape index (κ1) is 17.5. The van der Waals surface area contributed by atoms with Gasteiger partial charge in [-0.15, -0.1) is 0 Å². The minimum Gasteiger partial charge on any atom is -0.493 e. The van der Waals surface area contributed by atoms with Crippen LogP contribution < -0.4 is 14.9 Å². The molecule has 0 bridgehead atoms. The highest BCUT2D eigenvalue weighted by molar-refractivity contribution is 9.10. The van der Waals surface area contributed by atoms with E-state index in [-0.39, 0.29) is 12.5 Å². The van der Waals surface area contributed by atoms with Crippen molar-refractivity contribution < 1.29 is 14.3 Å². The lowest BCUT2D eigenvalue weighted by Crippen LogP contribution is -2.17. The molecule has 2 rings (SSSR count). The van der Waals surface area contributed by atoms with E-state index in [2.05, 4.69) is 26.5 Å². The lowest BCUT2D eigenvalue weighted by Gasteiger charge is -2.08. The van der Waals surface area contributed by atoms with Crippen molar-refractivity contribution in [1.82, 2.24) is 5.43 Å². The fourth-order valence-corrected chi connectivity index (χ4v) is 2.09. The summed E-state index contributed by atoms with van der Waals surface area (Å²) in [6, 6.07) is 14.0. The number of rotatable bonds is 6. The molecule has 0 saturated carbocycles. The third-order valence-corrected chi connectivity index (χ3v) is 3.49. The maximum absolute atomic E-state index is 11.9. The zero-order valence-corrected chi connectivity index (χ0v) is 14.4. The average molecular weight is 388 g/mol. The fourth-order valence-electron chi connectivity index (χ4n) is 1.82. The summed E-state index contributed by atoms with van der Waals surface area (Å²) >= 11 is 3.31. The summed E-state index contributed by atoms with van der Waals surface area (Å²) in [5.41, 5.74) is 3.68. The van der Waals surface area contributed by atoms with Crippen LogP contribution in [-0.4, -0.2) is 25.8 Å². The number of methoxy groups -OCH3 is 1. The number of hydrogen-bond donors (Lipinski definition) is 1. The van der Waals surface area contributed by atoms with Crippen LogP contribution in [0.3, 0.4) is 0 Å². The maximum atomic E-state index is 11.9. The van der Waals surface area contributed by atoms with Crippen LogP contribution in [0.4, 0.5) is 0 Å². The molecule has 7 heteroatoms. The number of amides is 1. The lowest BCUT2D eigenvalue weighted by molar-refractivity contribution is 0.0955. The van der Waals surface area contributed by atoms with Gasteiger partial charge in [-0.3, -0.25) is 4.79 Å². The van der Waals surface area contributed by atoms with Crippen molar-refractivity contribution >= 4 is 28.1 Å². The van der Waals surface area contributed by atoms with Crippen molar-refractivity contribution in [3.63, 3.8) is 0 Å². The summed E-state index contributed by atoms with van der Waals surface area (Å²) < 4.78 is 11.3. The van der Waals surface area contributed by atoms with Gasteiger partial charge < -0.3 is 9.47 Å². The standard InChI is InChI=1S/C17H14BrN3O3/c1-23-16-10-12(2-7-15(16)24-9-8-19)11-20-21-17(22)13-3-5-14(18)6-4-13/h2-7,10-11H,9H2,1H3,(H,21,22)/b20-11-. The molecule has 0 heterocycles. The third-order valence-electron chi connectivity index (χ3n) is 2.97. The van der Waals surface area contributed by atoms with Crippen molar-refractivity contribution in [2.24, 2.45) is 5.10 Å². The van der Waals surface area contributed by atoms with Gasteiger partial charge in [-0.05, 0) is 48.0 Å². The Balaban J connectivity index is 2.02. The van der Waals surface area contributed by atoms with Gasteiger partial charge in [0.25, 0.3) is 5.91 Å². The first-order valence-electron chi connectivity index (χ1n) is 6.91. The first-order valence-corrected chi connectivity index (χ1v) is 7.70. The highest BCUT2D eigenvalue weighted by atomic mass is 79.9. The van der Waals surface area contributed by atoms with Gasteiger partial charge in [0, 0.05) is 10.0 Å². The highest BCUT2D eigenvalue weighted by Gasteiger charge is 2.06. The van der Waals surface area contributed by atoms with Gasteiger partial charge in [0.05, 0.1) is 13.3 Å². The smallest absolute Gasteiger partial charge is 0.271 e. The Morgan fingerprint density at radius 1 is 1.29 bits per heavy atom. The number of hydrogen-bond acceptors (Lipinski definition) is 5. The van der Waals surface area contributed by atoms with Crippen molar-refractivity contribution in [3.05, 3.63) is 58.1 Å². The molecule has 1 N–H and O–H groups in total. The fraction of sp³-hybridized carbons (Fsp3) is 0.118. The minimum atomic E-state index is -0.306. The molecule has 122 valence electrons. The van der Waals surface area contributed by atoms with Gasteiger partial charge in [0.15, 0.2) is 18.1 Å². The quantitative estimate of drug-likeness (QED) is 0.609. The monoisotopic (exact) mass is 387 g/mol.